The van der Waals surface area contributed by atoms with Crippen molar-refractivity contribution in [3.8, 4) is 0 Å². The van der Waals surface area contributed by atoms with E-state index in [2.05, 4.69) is 65.8 Å². The lowest BCUT2D eigenvalue weighted by Gasteiger charge is -2.35. The summed E-state index contributed by atoms with van der Waals surface area (Å²) in [5, 5.41) is 3.26. The third-order valence-electron chi connectivity index (χ3n) is 5.72. The number of ether oxygens (including phenoxy) is 1. The fourth-order valence-electron chi connectivity index (χ4n) is 4.12. The van der Waals surface area contributed by atoms with Crippen LogP contribution < -0.4 is 21.9 Å². The van der Waals surface area contributed by atoms with Crippen molar-refractivity contribution < 1.29 is 9.53 Å². The number of carbonyl (C=O) groups is 1. The highest BCUT2D eigenvalue weighted by Gasteiger charge is 2.42. The van der Waals surface area contributed by atoms with Gasteiger partial charge < -0.3 is 26.1 Å². The van der Waals surface area contributed by atoms with E-state index in [4.69, 9.17) is 10.5 Å². The fraction of sp³-hybridized carbons (Fsp3) is 0.375. The summed E-state index contributed by atoms with van der Waals surface area (Å²) >= 11 is 0. The SMILES string of the molecule is C=C/C=C(\C=C/N)C1=C(N2CCNC(C(=O)OCC)C2)NNC1(C)c1ccc(C)cc1. The summed E-state index contributed by atoms with van der Waals surface area (Å²) in [6.45, 7) is 12.2. The molecule has 1 aromatic rings. The smallest absolute Gasteiger partial charge is 0.324 e. The Labute approximate surface area is 184 Å². The Morgan fingerprint density at radius 2 is 2.13 bits per heavy atom. The first-order valence-electron chi connectivity index (χ1n) is 10.7. The van der Waals surface area contributed by atoms with Crippen molar-refractivity contribution >= 4 is 5.97 Å². The fourth-order valence-corrected chi connectivity index (χ4v) is 4.12. The number of piperazine rings is 1. The van der Waals surface area contributed by atoms with Crippen molar-refractivity contribution in [2.45, 2.75) is 32.4 Å². The summed E-state index contributed by atoms with van der Waals surface area (Å²) in [5.41, 5.74) is 16.5. The van der Waals surface area contributed by atoms with Crippen molar-refractivity contribution in [3.05, 3.63) is 83.4 Å². The van der Waals surface area contributed by atoms with E-state index in [1.165, 1.54) is 11.8 Å². The van der Waals surface area contributed by atoms with Crippen LogP contribution in [0.3, 0.4) is 0 Å². The van der Waals surface area contributed by atoms with Crippen LogP contribution in [0, 0.1) is 6.92 Å². The predicted octanol–water partition coefficient (Wildman–Crippen LogP) is 1.95. The van der Waals surface area contributed by atoms with Crippen LogP contribution in [0.15, 0.2) is 72.2 Å². The summed E-state index contributed by atoms with van der Waals surface area (Å²) < 4.78 is 5.23. The van der Waals surface area contributed by atoms with E-state index in [0.29, 0.717) is 19.7 Å². The standard InChI is InChI=1S/C24H33N5O2/c1-5-7-18(12-13-25)21-22(29-15-14-26-20(16-29)23(30)31-6-2)27-28-24(21,4)19-10-8-17(3)9-11-19/h5,7-13,20,26-28H,1,6,14-16,25H2,2-4H3/b13-12-,18-7+. The van der Waals surface area contributed by atoms with Crippen LogP contribution in [-0.4, -0.2) is 43.2 Å². The van der Waals surface area contributed by atoms with Crippen LogP contribution in [0.2, 0.25) is 0 Å². The van der Waals surface area contributed by atoms with Gasteiger partial charge in [0.1, 0.15) is 11.9 Å². The molecule has 166 valence electrons. The Balaban J connectivity index is 2.07. The van der Waals surface area contributed by atoms with Crippen molar-refractivity contribution in [3.63, 3.8) is 0 Å². The number of hydrazine groups is 1. The molecular formula is C24H33N5O2. The number of aryl methyl sites for hydroxylation is 1. The second kappa shape index (κ2) is 9.85. The number of carbonyl (C=O) groups excluding carboxylic acids is 1. The molecular weight excluding hydrogens is 390 g/mol. The van der Waals surface area contributed by atoms with Gasteiger partial charge in [-0.2, -0.15) is 0 Å². The van der Waals surface area contributed by atoms with Gasteiger partial charge in [0.15, 0.2) is 0 Å². The van der Waals surface area contributed by atoms with E-state index >= 15 is 0 Å². The molecule has 7 nitrogen and oxygen atoms in total. The van der Waals surface area contributed by atoms with E-state index in [9.17, 15) is 4.79 Å². The minimum atomic E-state index is -0.512. The largest absolute Gasteiger partial charge is 0.465 e. The van der Waals surface area contributed by atoms with Gasteiger partial charge in [0.05, 0.1) is 12.1 Å². The molecule has 0 saturated carbocycles. The average molecular weight is 424 g/mol. The van der Waals surface area contributed by atoms with Crippen LogP contribution in [-0.2, 0) is 15.1 Å². The van der Waals surface area contributed by atoms with Crippen molar-refractivity contribution in [1.82, 2.24) is 21.1 Å². The molecule has 0 radical (unpaired) electrons. The topological polar surface area (TPSA) is 91.7 Å². The molecule has 0 bridgehead atoms. The summed E-state index contributed by atoms with van der Waals surface area (Å²) in [6, 6.07) is 8.09. The maximum absolute atomic E-state index is 12.3. The molecule has 31 heavy (non-hydrogen) atoms. The molecule has 0 aromatic heterocycles. The first-order valence-corrected chi connectivity index (χ1v) is 10.7. The number of rotatable bonds is 7. The molecule has 0 amide bonds. The van der Waals surface area contributed by atoms with E-state index in [0.717, 1.165) is 29.1 Å². The zero-order chi connectivity index (χ0) is 22.4. The minimum Gasteiger partial charge on any atom is -0.465 e. The van der Waals surface area contributed by atoms with Gasteiger partial charge >= 0.3 is 5.97 Å². The van der Waals surface area contributed by atoms with Crippen LogP contribution in [0.25, 0.3) is 0 Å². The molecule has 2 aliphatic heterocycles. The molecule has 2 unspecified atom stereocenters. The van der Waals surface area contributed by atoms with Gasteiger partial charge in [0.2, 0.25) is 0 Å². The number of nitrogens with one attached hydrogen (secondary N) is 3. The Hall–Kier alpha value is -3.03. The quantitative estimate of drug-likeness (QED) is 0.394. The molecule has 1 aromatic carbocycles. The summed E-state index contributed by atoms with van der Waals surface area (Å²) in [6.07, 6.45) is 7.12. The zero-order valence-corrected chi connectivity index (χ0v) is 18.6. The lowest BCUT2D eigenvalue weighted by atomic mass is 9.81. The number of allylic oxidation sites excluding steroid dienone is 3. The van der Waals surface area contributed by atoms with Crippen LogP contribution in [0.4, 0.5) is 0 Å². The molecule has 0 aliphatic carbocycles. The monoisotopic (exact) mass is 423 g/mol. The molecule has 2 aliphatic rings. The number of nitrogens with two attached hydrogens (primary N) is 1. The summed E-state index contributed by atoms with van der Waals surface area (Å²) in [5.74, 6) is 0.690. The highest BCUT2D eigenvalue weighted by molar-refractivity contribution is 5.76. The molecule has 1 saturated heterocycles. The average Bonchev–Trinajstić information content (AvgIpc) is 3.12. The van der Waals surface area contributed by atoms with Gasteiger partial charge in [0.25, 0.3) is 0 Å². The number of esters is 1. The molecule has 2 heterocycles. The van der Waals surface area contributed by atoms with E-state index in [-0.39, 0.29) is 12.0 Å². The normalized spacial score (nSPS) is 24.4. The lowest BCUT2D eigenvalue weighted by Crippen LogP contribution is -2.55. The Morgan fingerprint density at radius 1 is 1.39 bits per heavy atom. The number of hydrogen-bond acceptors (Lipinski definition) is 7. The minimum absolute atomic E-state index is 0.231. The van der Waals surface area contributed by atoms with Gasteiger partial charge in [-0.25, -0.2) is 5.43 Å². The number of hydrogen-bond donors (Lipinski definition) is 4. The first kappa shape index (κ1) is 22.7. The highest BCUT2D eigenvalue weighted by atomic mass is 16.5. The van der Waals surface area contributed by atoms with Gasteiger partial charge in [-0.1, -0.05) is 48.6 Å². The van der Waals surface area contributed by atoms with Crippen LogP contribution >= 0.6 is 0 Å². The van der Waals surface area contributed by atoms with Gasteiger partial charge in [-0.15, -0.1) is 0 Å². The summed E-state index contributed by atoms with van der Waals surface area (Å²) in [4.78, 5) is 14.5. The molecule has 5 N–H and O–H groups in total. The third kappa shape index (κ3) is 4.68. The molecule has 7 heteroatoms. The van der Waals surface area contributed by atoms with Gasteiger partial charge in [-0.3, -0.25) is 4.79 Å². The van der Waals surface area contributed by atoms with E-state index in [1.54, 1.807) is 6.08 Å². The predicted molar refractivity (Wildman–Crippen MR) is 123 cm³/mol. The zero-order valence-electron chi connectivity index (χ0n) is 18.6. The van der Waals surface area contributed by atoms with Gasteiger partial charge in [-0.05, 0) is 44.2 Å². The van der Waals surface area contributed by atoms with Crippen molar-refractivity contribution in [1.29, 1.82) is 0 Å². The summed E-state index contributed by atoms with van der Waals surface area (Å²) in [7, 11) is 0. The highest BCUT2D eigenvalue weighted by Crippen LogP contribution is 2.40. The lowest BCUT2D eigenvalue weighted by molar-refractivity contribution is -0.146. The maximum atomic E-state index is 12.3. The van der Waals surface area contributed by atoms with E-state index in [1.807, 2.05) is 19.1 Å². The van der Waals surface area contributed by atoms with Crippen molar-refractivity contribution in [2.75, 3.05) is 26.2 Å². The number of nitrogens with zero attached hydrogens (tertiary/aromatic N) is 1. The molecule has 3 rings (SSSR count). The van der Waals surface area contributed by atoms with Crippen LogP contribution in [0.5, 0.6) is 0 Å². The molecule has 1 fully saturated rings. The second-order valence-electron chi connectivity index (χ2n) is 7.89. The van der Waals surface area contributed by atoms with Crippen molar-refractivity contribution in [2.24, 2.45) is 5.73 Å². The second-order valence-corrected chi connectivity index (χ2v) is 7.89. The molecule has 2 atom stereocenters. The Bertz CT molecular complexity index is 903. The van der Waals surface area contributed by atoms with E-state index < -0.39 is 5.54 Å². The number of benzene rings is 1. The van der Waals surface area contributed by atoms with Gasteiger partial charge in [0, 0.05) is 25.2 Å². The Morgan fingerprint density at radius 3 is 2.77 bits per heavy atom. The molecule has 0 spiro atoms. The van der Waals surface area contributed by atoms with Crippen LogP contribution in [0.1, 0.15) is 25.0 Å². The Kier molecular flexibility index (Phi) is 7.20. The maximum Gasteiger partial charge on any atom is 0.324 e. The third-order valence-corrected chi connectivity index (χ3v) is 5.72. The first-order chi connectivity index (χ1) is 14.9.